The van der Waals surface area contributed by atoms with Gasteiger partial charge < -0.3 is 10.4 Å². The van der Waals surface area contributed by atoms with E-state index < -0.39 is 29.7 Å². The van der Waals surface area contributed by atoms with Crippen LogP contribution in [-0.2, 0) is 14.4 Å². The lowest BCUT2D eigenvalue weighted by Crippen LogP contribution is -2.48. The minimum absolute atomic E-state index is 0.460. The highest BCUT2D eigenvalue weighted by atomic mass is 16.3. The van der Waals surface area contributed by atoms with Gasteiger partial charge in [-0.2, -0.15) is 4.99 Å². The molecular weight excluding hydrogens is 238 g/mol. The van der Waals surface area contributed by atoms with Gasteiger partial charge in [0.15, 0.2) is 5.92 Å². The van der Waals surface area contributed by atoms with Crippen molar-refractivity contribution in [2.24, 2.45) is 10.9 Å². The highest BCUT2D eigenvalue weighted by molar-refractivity contribution is 6.26. The Labute approximate surface area is 102 Å². The smallest absolute Gasteiger partial charge is 0.296 e. The van der Waals surface area contributed by atoms with Crippen molar-refractivity contribution in [1.29, 1.82) is 0 Å². The topological polar surface area (TPSA) is 108 Å². The quantitative estimate of drug-likeness (QED) is 0.629. The first-order chi connectivity index (χ1) is 8.58. The Hall–Kier alpha value is -2.70. The minimum atomic E-state index is -1.58. The van der Waals surface area contributed by atoms with Crippen LogP contribution in [0.25, 0.3) is 0 Å². The van der Waals surface area contributed by atoms with Crippen LogP contribution in [0.3, 0.4) is 0 Å². The molecule has 0 radical (unpaired) electrons. The fourth-order valence-corrected chi connectivity index (χ4v) is 1.46. The Morgan fingerprint density at radius 3 is 2.56 bits per heavy atom. The first-order valence-corrected chi connectivity index (χ1v) is 5.06. The van der Waals surface area contributed by atoms with Gasteiger partial charge >= 0.3 is 0 Å². The van der Waals surface area contributed by atoms with Crippen LogP contribution in [-0.4, -0.2) is 28.8 Å². The van der Waals surface area contributed by atoms with Crippen LogP contribution in [0, 0.1) is 5.92 Å². The Morgan fingerprint density at radius 2 is 1.94 bits per heavy atom. The molecule has 0 spiro atoms. The van der Waals surface area contributed by atoms with Gasteiger partial charge in [-0.25, -0.2) is 0 Å². The number of hydrogen-bond acceptors (Lipinski definition) is 3. The molecule has 1 aliphatic heterocycles. The summed E-state index contributed by atoms with van der Waals surface area (Å²) in [5, 5.41) is 13.2. The summed E-state index contributed by atoms with van der Waals surface area (Å²) >= 11 is 0. The molecule has 2 rings (SSSR count). The lowest BCUT2D eigenvalue weighted by molar-refractivity contribution is -0.139. The molecule has 0 saturated carbocycles. The third-order valence-corrected chi connectivity index (χ3v) is 2.26. The molecule has 7 nitrogen and oxygen atoms in total. The van der Waals surface area contributed by atoms with Gasteiger partial charge in [0.1, 0.15) is 0 Å². The highest BCUT2D eigenvalue weighted by Crippen LogP contribution is 2.11. The molecule has 1 aliphatic rings. The summed E-state index contributed by atoms with van der Waals surface area (Å²) < 4.78 is 0. The van der Waals surface area contributed by atoms with Gasteiger partial charge in [0.25, 0.3) is 11.9 Å². The number of para-hydroxylation sites is 1. The second kappa shape index (κ2) is 4.66. The fourth-order valence-electron chi connectivity index (χ4n) is 1.46. The first kappa shape index (κ1) is 11.8. The molecule has 3 N–H and O–H groups in total. The predicted molar refractivity (Wildman–Crippen MR) is 61.8 cm³/mol. The summed E-state index contributed by atoms with van der Waals surface area (Å²) in [6.45, 7) is 0. The molecule has 0 bridgehead atoms. The lowest BCUT2D eigenvalue weighted by atomic mass is 10.1. The molecule has 0 saturated heterocycles. The Kier molecular flexibility index (Phi) is 3.05. The maximum absolute atomic E-state index is 11.8. The molecule has 1 aromatic carbocycles. The SMILES string of the molecule is O=C1N=C(O)NC(=O)C1C(=O)Nc1ccccc1. The monoisotopic (exact) mass is 247 g/mol. The molecule has 1 atom stereocenters. The summed E-state index contributed by atoms with van der Waals surface area (Å²) in [5.74, 6) is -4.27. The summed E-state index contributed by atoms with van der Waals surface area (Å²) in [5.41, 5.74) is 0.460. The average molecular weight is 247 g/mol. The van der Waals surface area contributed by atoms with Gasteiger partial charge in [-0.3, -0.25) is 19.7 Å². The zero-order chi connectivity index (χ0) is 13.1. The van der Waals surface area contributed by atoms with E-state index in [-0.39, 0.29) is 0 Å². The van der Waals surface area contributed by atoms with E-state index in [4.69, 9.17) is 5.11 Å². The Balaban J connectivity index is 2.15. The van der Waals surface area contributed by atoms with Gasteiger partial charge in [-0.05, 0) is 12.1 Å². The van der Waals surface area contributed by atoms with Gasteiger partial charge in [0.2, 0.25) is 11.8 Å². The first-order valence-electron chi connectivity index (χ1n) is 5.06. The van der Waals surface area contributed by atoms with Crippen LogP contribution < -0.4 is 10.6 Å². The van der Waals surface area contributed by atoms with E-state index in [2.05, 4.69) is 10.3 Å². The number of nitrogens with one attached hydrogen (secondary N) is 2. The van der Waals surface area contributed by atoms with Crippen molar-refractivity contribution in [2.45, 2.75) is 0 Å². The molecule has 92 valence electrons. The average Bonchev–Trinajstić information content (AvgIpc) is 2.28. The zero-order valence-electron chi connectivity index (χ0n) is 9.08. The lowest BCUT2D eigenvalue weighted by Gasteiger charge is -2.16. The standard InChI is InChI=1S/C11H9N3O4/c15-8(12-6-4-2-1-3-5-6)7-9(16)13-11(18)14-10(7)17/h1-5,7H,(H,12,15)(H2,13,14,16,17,18). The van der Waals surface area contributed by atoms with Gasteiger partial charge in [0, 0.05) is 5.69 Å². The second-order valence-corrected chi connectivity index (χ2v) is 3.55. The number of rotatable bonds is 2. The molecule has 0 fully saturated rings. The van der Waals surface area contributed by atoms with Crippen LogP contribution in [0.15, 0.2) is 35.3 Å². The normalized spacial score (nSPS) is 18.9. The molecule has 1 heterocycles. The van der Waals surface area contributed by atoms with Gasteiger partial charge in [0.05, 0.1) is 0 Å². The van der Waals surface area contributed by atoms with Crippen molar-refractivity contribution in [1.82, 2.24) is 5.32 Å². The Morgan fingerprint density at radius 1 is 1.28 bits per heavy atom. The van der Waals surface area contributed by atoms with Crippen molar-refractivity contribution in [3.63, 3.8) is 0 Å². The molecule has 3 amide bonds. The highest BCUT2D eigenvalue weighted by Gasteiger charge is 2.38. The van der Waals surface area contributed by atoms with E-state index in [1.807, 2.05) is 5.32 Å². The summed E-state index contributed by atoms with van der Waals surface area (Å²) in [7, 11) is 0. The minimum Gasteiger partial charge on any atom is -0.480 e. The fraction of sp³-hybridized carbons (Fsp3) is 0.0909. The second-order valence-electron chi connectivity index (χ2n) is 3.55. The number of aliphatic hydroxyl groups is 1. The number of benzene rings is 1. The molecule has 0 aromatic heterocycles. The number of amidine groups is 1. The van der Waals surface area contributed by atoms with Crippen LogP contribution in [0.5, 0.6) is 0 Å². The summed E-state index contributed by atoms with van der Waals surface area (Å²) in [4.78, 5) is 37.7. The van der Waals surface area contributed by atoms with Crippen LogP contribution in [0.2, 0.25) is 0 Å². The number of aliphatic hydroxyl groups excluding tert-OH is 1. The van der Waals surface area contributed by atoms with Crippen LogP contribution in [0.4, 0.5) is 5.69 Å². The van der Waals surface area contributed by atoms with E-state index in [0.29, 0.717) is 5.69 Å². The third-order valence-electron chi connectivity index (χ3n) is 2.26. The number of aliphatic imine (C=N–C) groups is 1. The molecule has 18 heavy (non-hydrogen) atoms. The van der Waals surface area contributed by atoms with Gasteiger partial charge in [-0.15, -0.1) is 0 Å². The van der Waals surface area contributed by atoms with Gasteiger partial charge in [-0.1, -0.05) is 18.2 Å². The van der Waals surface area contributed by atoms with Crippen LogP contribution >= 0.6 is 0 Å². The van der Waals surface area contributed by atoms with E-state index in [1.54, 1.807) is 30.3 Å². The maximum atomic E-state index is 11.8. The number of amides is 3. The number of anilines is 1. The van der Waals surface area contributed by atoms with Crippen molar-refractivity contribution in [3.05, 3.63) is 30.3 Å². The molecule has 0 aliphatic carbocycles. The largest absolute Gasteiger partial charge is 0.480 e. The van der Waals surface area contributed by atoms with E-state index in [1.165, 1.54) is 0 Å². The number of nitrogens with zero attached hydrogens (tertiary/aromatic N) is 1. The summed E-state index contributed by atoms with van der Waals surface area (Å²) in [6, 6.07) is 7.59. The van der Waals surface area contributed by atoms with Crippen molar-refractivity contribution in [3.8, 4) is 0 Å². The van der Waals surface area contributed by atoms with Crippen molar-refractivity contribution >= 4 is 29.4 Å². The van der Waals surface area contributed by atoms with Crippen molar-refractivity contribution in [2.75, 3.05) is 5.32 Å². The summed E-state index contributed by atoms with van der Waals surface area (Å²) in [6.07, 6.45) is 0. The third kappa shape index (κ3) is 2.34. The van der Waals surface area contributed by atoms with Crippen molar-refractivity contribution < 1.29 is 19.5 Å². The van der Waals surface area contributed by atoms with E-state index >= 15 is 0 Å². The molecular formula is C11H9N3O4. The zero-order valence-corrected chi connectivity index (χ0v) is 9.08. The molecule has 7 heteroatoms. The molecule has 1 aromatic rings. The van der Waals surface area contributed by atoms with Crippen LogP contribution in [0.1, 0.15) is 0 Å². The number of carbonyl (C=O) groups excluding carboxylic acids is 3. The Bertz CT molecular complexity index is 538. The number of carbonyl (C=O) groups is 3. The molecule has 1 unspecified atom stereocenters. The van der Waals surface area contributed by atoms with E-state index in [0.717, 1.165) is 0 Å². The predicted octanol–water partition coefficient (Wildman–Crippen LogP) is -0.188. The number of hydrogen-bond donors (Lipinski definition) is 3. The maximum Gasteiger partial charge on any atom is 0.296 e. The van der Waals surface area contributed by atoms with E-state index in [9.17, 15) is 14.4 Å².